The Kier molecular flexibility index (Phi) is 3.99. The van der Waals surface area contributed by atoms with Crippen molar-refractivity contribution in [3.05, 3.63) is 54.4 Å². The second-order valence-electron chi connectivity index (χ2n) is 6.52. The zero-order chi connectivity index (χ0) is 17.4. The molecular formula is C20H20FN3O. The molecule has 0 bridgehead atoms. The number of nitrogens with zero attached hydrogens (tertiary/aromatic N) is 3. The highest BCUT2D eigenvalue weighted by Gasteiger charge is 2.30. The SMILES string of the molecule is CCc1cccc(-c2cnc3ccn(CC(=O)N4CC(F)C4)c3c2)c1. The number of amides is 1. The number of benzene rings is 1. The average molecular weight is 337 g/mol. The molecule has 0 N–H and O–H groups in total. The summed E-state index contributed by atoms with van der Waals surface area (Å²) >= 11 is 0. The number of halogens is 1. The van der Waals surface area contributed by atoms with Crippen LogP contribution in [0.15, 0.2) is 48.8 Å². The van der Waals surface area contributed by atoms with Gasteiger partial charge >= 0.3 is 0 Å². The van der Waals surface area contributed by atoms with Crippen LogP contribution in [0.3, 0.4) is 0 Å². The summed E-state index contributed by atoms with van der Waals surface area (Å²) in [6.45, 7) is 2.78. The molecule has 1 saturated heterocycles. The van der Waals surface area contributed by atoms with E-state index in [-0.39, 0.29) is 25.5 Å². The van der Waals surface area contributed by atoms with Crippen LogP contribution in [0.4, 0.5) is 4.39 Å². The first-order chi connectivity index (χ1) is 12.1. The van der Waals surface area contributed by atoms with Crippen LogP contribution < -0.4 is 0 Å². The number of carbonyl (C=O) groups excluding carboxylic acids is 1. The fraction of sp³-hybridized carbons (Fsp3) is 0.300. The van der Waals surface area contributed by atoms with Gasteiger partial charge in [0.2, 0.25) is 5.91 Å². The van der Waals surface area contributed by atoms with Gasteiger partial charge in [-0.3, -0.25) is 9.78 Å². The van der Waals surface area contributed by atoms with Crippen molar-refractivity contribution in [2.24, 2.45) is 0 Å². The molecule has 5 heteroatoms. The maximum absolute atomic E-state index is 13.0. The molecule has 1 amide bonds. The van der Waals surface area contributed by atoms with E-state index in [0.29, 0.717) is 0 Å². The molecule has 25 heavy (non-hydrogen) atoms. The minimum Gasteiger partial charge on any atom is -0.337 e. The van der Waals surface area contributed by atoms with E-state index in [9.17, 15) is 9.18 Å². The van der Waals surface area contributed by atoms with E-state index in [4.69, 9.17) is 0 Å². The molecule has 128 valence electrons. The zero-order valence-electron chi connectivity index (χ0n) is 14.2. The Bertz CT molecular complexity index is 928. The zero-order valence-corrected chi connectivity index (χ0v) is 14.2. The highest BCUT2D eigenvalue weighted by Crippen LogP contribution is 2.25. The number of hydrogen-bond acceptors (Lipinski definition) is 2. The summed E-state index contributed by atoms with van der Waals surface area (Å²) in [6.07, 6.45) is 3.85. The quantitative estimate of drug-likeness (QED) is 0.731. The van der Waals surface area contributed by atoms with E-state index in [1.54, 1.807) is 4.90 Å². The maximum atomic E-state index is 13.0. The Morgan fingerprint density at radius 3 is 2.84 bits per heavy atom. The molecule has 0 radical (unpaired) electrons. The third-order valence-corrected chi connectivity index (χ3v) is 4.78. The number of fused-ring (bicyclic) bond motifs is 1. The van der Waals surface area contributed by atoms with E-state index >= 15 is 0 Å². The van der Waals surface area contributed by atoms with Crippen molar-refractivity contribution in [3.8, 4) is 11.1 Å². The van der Waals surface area contributed by atoms with Crippen molar-refractivity contribution in [2.45, 2.75) is 26.1 Å². The third kappa shape index (κ3) is 3.02. The Labute approximate surface area is 145 Å². The Morgan fingerprint density at radius 1 is 1.24 bits per heavy atom. The predicted octanol–water partition coefficient (Wildman–Crippen LogP) is 3.45. The lowest BCUT2D eigenvalue weighted by Crippen LogP contribution is -2.52. The molecule has 1 aliphatic rings. The molecule has 4 rings (SSSR count). The summed E-state index contributed by atoms with van der Waals surface area (Å²) in [4.78, 5) is 18.3. The van der Waals surface area contributed by atoms with Gasteiger partial charge in [0, 0.05) is 18.0 Å². The lowest BCUT2D eigenvalue weighted by Gasteiger charge is -2.34. The van der Waals surface area contributed by atoms with Crippen molar-refractivity contribution in [1.82, 2.24) is 14.5 Å². The molecule has 0 atom stereocenters. The molecule has 0 saturated carbocycles. The van der Waals surface area contributed by atoms with Gasteiger partial charge in [-0.25, -0.2) is 4.39 Å². The van der Waals surface area contributed by atoms with E-state index in [1.807, 2.05) is 23.0 Å². The van der Waals surface area contributed by atoms with E-state index < -0.39 is 6.17 Å². The van der Waals surface area contributed by atoms with Crippen LogP contribution in [-0.4, -0.2) is 39.6 Å². The average Bonchev–Trinajstić information content (AvgIpc) is 3.01. The van der Waals surface area contributed by atoms with Gasteiger partial charge in [-0.2, -0.15) is 0 Å². The van der Waals surface area contributed by atoms with Crippen molar-refractivity contribution >= 4 is 16.9 Å². The molecule has 1 aromatic carbocycles. The summed E-state index contributed by atoms with van der Waals surface area (Å²) in [5.41, 5.74) is 5.21. The van der Waals surface area contributed by atoms with Crippen molar-refractivity contribution < 1.29 is 9.18 Å². The summed E-state index contributed by atoms with van der Waals surface area (Å²) in [6, 6.07) is 12.4. The third-order valence-electron chi connectivity index (χ3n) is 4.78. The van der Waals surface area contributed by atoms with Gasteiger partial charge in [0.25, 0.3) is 0 Å². The number of carbonyl (C=O) groups is 1. The largest absolute Gasteiger partial charge is 0.337 e. The van der Waals surface area contributed by atoms with Crippen LogP contribution >= 0.6 is 0 Å². The van der Waals surface area contributed by atoms with E-state index in [1.165, 1.54) is 5.56 Å². The van der Waals surface area contributed by atoms with Gasteiger partial charge in [0.05, 0.1) is 24.1 Å². The fourth-order valence-corrected chi connectivity index (χ4v) is 3.20. The van der Waals surface area contributed by atoms with Crippen molar-refractivity contribution in [1.29, 1.82) is 0 Å². The maximum Gasteiger partial charge on any atom is 0.242 e. The molecule has 1 fully saturated rings. The van der Waals surface area contributed by atoms with Crippen LogP contribution in [-0.2, 0) is 17.8 Å². The Hall–Kier alpha value is -2.69. The Morgan fingerprint density at radius 2 is 2.08 bits per heavy atom. The van der Waals surface area contributed by atoms with Crippen molar-refractivity contribution in [3.63, 3.8) is 0 Å². The number of hydrogen-bond donors (Lipinski definition) is 0. The topological polar surface area (TPSA) is 38.1 Å². The van der Waals surface area contributed by atoms with Gasteiger partial charge < -0.3 is 9.47 Å². The molecule has 4 nitrogen and oxygen atoms in total. The first-order valence-corrected chi connectivity index (χ1v) is 8.60. The van der Waals surface area contributed by atoms with Gasteiger partial charge in [0.1, 0.15) is 12.7 Å². The fourth-order valence-electron chi connectivity index (χ4n) is 3.20. The summed E-state index contributed by atoms with van der Waals surface area (Å²) in [5.74, 6) is -0.0511. The number of aromatic nitrogens is 2. The number of alkyl halides is 1. The highest BCUT2D eigenvalue weighted by molar-refractivity contribution is 5.84. The molecule has 2 aromatic heterocycles. The van der Waals surface area contributed by atoms with Gasteiger partial charge in [-0.15, -0.1) is 0 Å². The van der Waals surface area contributed by atoms with Gasteiger partial charge in [-0.05, 0) is 29.7 Å². The van der Waals surface area contributed by atoms with E-state index in [2.05, 4.69) is 42.2 Å². The molecule has 0 spiro atoms. The van der Waals surface area contributed by atoms with Crippen LogP contribution in [0.25, 0.3) is 22.2 Å². The number of aryl methyl sites for hydroxylation is 1. The molecule has 0 unspecified atom stereocenters. The number of likely N-dealkylation sites (tertiary alicyclic amines) is 1. The van der Waals surface area contributed by atoms with Crippen molar-refractivity contribution in [2.75, 3.05) is 13.1 Å². The molecule has 3 aromatic rings. The number of rotatable bonds is 4. The number of pyridine rings is 1. The van der Waals surface area contributed by atoms with Gasteiger partial charge in [-0.1, -0.05) is 31.2 Å². The lowest BCUT2D eigenvalue weighted by atomic mass is 10.0. The predicted molar refractivity (Wildman–Crippen MR) is 96.0 cm³/mol. The highest BCUT2D eigenvalue weighted by atomic mass is 19.1. The van der Waals surface area contributed by atoms with Crippen LogP contribution in [0.5, 0.6) is 0 Å². The second-order valence-corrected chi connectivity index (χ2v) is 6.52. The smallest absolute Gasteiger partial charge is 0.242 e. The summed E-state index contributed by atoms with van der Waals surface area (Å²) in [7, 11) is 0. The second kappa shape index (κ2) is 6.31. The molecular weight excluding hydrogens is 317 g/mol. The summed E-state index contributed by atoms with van der Waals surface area (Å²) in [5, 5.41) is 0. The first-order valence-electron chi connectivity index (χ1n) is 8.60. The van der Waals surface area contributed by atoms with Crippen LogP contribution in [0.2, 0.25) is 0 Å². The minimum absolute atomic E-state index is 0.0511. The normalized spacial score (nSPS) is 14.7. The molecule has 3 heterocycles. The van der Waals surface area contributed by atoms with E-state index in [0.717, 1.165) is 28.6 Å². The standard InChI is InChI=1S/C20H20FN3O/c1-2-14-4-3-5-15(8-14)16-9-19-18(22-10-16)6-7-23(19)13-20(25)24-11-17(21)12-24/h3-10,17H,2,11-13H2,1H3. The van der Waals surface area contributed by atoms with Gasteiger partial charge in [0.15, 0.2) is 0 Å². The molecule has 0 aliphatic carbocycles. The lowest BCUT2D eigenvalue weighted by molar-refractivity contribution is -0.138. The first kappa shape index (κ1) is 15.8. The Balaban J connectivity index is 1.64. The van der Waals surface area contributed by atoms with Crippen LogP contribution in [0.1, 0.15) is 12.5 Å². The summed E-state index contributed by atoms with van der Waals surface area (Å²) < 4.78 is 14.8. The minimum atomic E-state index is -0.871. The monoisotopic (exact) mass is 337 g/mol. The molecule has 1 aliphatic heterocycles. The van der Waals surface area contributed by atoms with Crippen LogP contribution in [0, 0.1) is 0 Å².